The molecule has 0 bridgehead atoms. The summed E-state index contributed by atoms with van der Waals surface area (Å²) in [5.74, 6) is -0.637. The van der Waals surface area contributed by atoms with Crippen molar-refractivity contribution < 1.29 is 14.6 Å². The molecule has 0 spiro atoms. The maximum Gasteiger partial charge on any atom is 0.339 e. The van der Waals surface area contributed by atoms with Gasteiger partial charge in [-0.05, 0) is 42.3 Å². The van der Waals surface area contributed by atoms with Crippen molar-refractivity contribution in [3.63, 3.8) is 0 Å². The molecule has 1 N–H and O–H groups in total. The second kappa shape index (κ2) is 6.83. The second-order valence-corrected chi connectivity index (χ2v) is 5.48. The largest absolute Gasteiger partial charge is 0.492 e. The molecule has 0 aromatic heterocycles. The third-order valence-corrected chi connectivity index (χ3v) is 3.60. The minimum absolute atomic E-state index is 0.155. The van der Waals surface area contributed by atoms with Gasteiger partial charge in [-0.2, -0.15) is 0 Å². The molecule has 0 saturated carbocycles. The molecule has 2 aromatic carbocycles. The summed E-state index contributed by atoms with van der Waals surface area (Å²) < 4.78 is 5.60. The van der Waals surface area contributed by atoms with Crippen LogP contribution in [0.3, 0.4) is 0 Å². The Hall–Kier alpha value is -1.71. The van der Waals surface area contributed by atoms with Crippen LogP contribution in [0.1, 0.15) is 21.5 Å². The maximum atomic E-state index is 11.1. The smallest absolute Gasteiger partial charge is 0.339 e. The molecule has 3 nitrogen and oxygen atoms in total. The number of carboxylic acids is 1. The van der Waals surface area contributed by atoms with Crippen LogP contribution in [0.5, 0.6) is 5.75 Å². The Morgan fingerprint density at radius 1 is 1.19 bits per heavy atom. The van der Waals surface area contributed by atoms with Gasteiger partial charge in [0.25, 0.3) is 0 Å². The molecule has 0 radical (unpaired) electrons. The molecular weight excluding hydrogens is 311 g/mol. The number of carboxylic acid groups (broad SMARTS) is 1. The first-order chi connectivity index (χ1) is 9.97. The average Bonchev–Trinajstić information content (AvgIpc) is 2.41. The summed E-state index contributed by atoms with van der Waals surface area (Å²) in [6, 6.07) is 10.3. The van der Waals surface area contributed by atoms with Crippen LogP contribution in [0.25, 0.3) is 0 Å². The molecule has 2 aromatic rings. The minimum Gasteiger partial charge on any atom is -0.492 e. The fourth-order valence-electron chi connectivity index (χ4n) is 1.92. The Kier molecular flexibility index (Phi) is 5.10. The number of rotatable bonds is 5. The van der Waals surface area contributed by atoms with Crippen molar-refractivity contribution in [2.24, 2.45) is 0 Å². The predicted octanol–water partition coefficient (Wildman–Crippen LogP) is 4.62. The second-order valence-electron chi connectivity index (χ2n) is 4.64. The van der Waals surface area contributed by atoms with E-state index >= 15 is 0 Å². The zero-order valence-electron chi connectivity index (χ0n) is 11.4. The fraction of sp³-hybridized carbons (Fsp3) is 0.188. The third kappa shape index (κ3) is 4.13. The van der Waals surface area contributed by atoms with Gasteiger partial charge in [0.2, 0.25) is 0 Å². The number of halogens is 2. The summed E-state index contributed by atoms with van der Waals surface area (Å²) in [5.41, 5.74) is 2.01. The van der Waals surface area contributed by atoms with Crippen molar-refractivity contribution in [2.45, 2.75) is 13.3 Å². The Labute approximate surface area is 133 Å². The molecule has 0 atom stereocenters. The monoisotopic (exact) mass is 324 g/mol. The van der Waals surface area contributed by atoms with Gasteiger partial charge in [0.15, 0.2) is 0 Å². The van der Waals surface area contributed by atoms with Crippen LogP contribution >= 0.6 is 23.2 Å². The minimum atomic E-state index is -1.01. The highest BCUT2D eigenvalue weighted by Gasteiger charge is 2.11. The topological polar surface area (TPSA) is 46.5 Å². The van der Waals surface area contributed by atoms with E-state index in [0.717, 1.165) is 11.1 Å². The first-order valence-corrected chi connectivity index (χ1v) is 7.13. The van der Waals surface area contributed by atoms with Crippen LogP contribution in [0.15, 0.2) is 36.4 Å². The zero-order chi connectivity index (χ0) is 15.4. The van der Waals surface area contributed by atoms with Crippen molar-refractivity contribution in [3.05, 3.63) is 63.1 Å². The first-order valence-electron chi connectivity index (χ1n) is 6.38. The highest BCUT2D eigenvalue weighted by Crippen LogP contribution is 2.23. The van der Waals surface area contributed by atoms with Gasteiger partial charge >= 0.3 is 5.97 Å². The van der Waals surface area contributed by atoms with Gasteiger partial charge in [-0.15, -0.1) is 0 Å². The number of aryl methyl sites for hydroxylation is 1. The Morgan fingerprint density at radius 2 is 1.95 bits per heavy atom. The maximum absolute atomic E-state index is 11.1. The molecule has 0 aliphatic heterocycles. The normalized spacial score (nSPS) is 10.4. The van der Waals surface area contributed by atoms with E-state index in [1.807, 2.05) is 13.0 Å². The van der Waals surface area contributed by atoms with E-state index in [0.29, 0.717) is 28.8 Å². The molecule has 0 aliphatic rings. The highest BCUT2D eigenvalue weighted by atomic mass is 35.5. The molecular formula is C16H14Cl2O3. The SMILES string of the molecule is Cc1ccc(C(=O)O)c(OCCc2ccc(Cl)cc2Cl)c1. The van der Waals surface area contributed by atoms with Gasteiger partial charge in [0.1, 0.15) is 11.3 Å². The summed E-state index contributed by atoms with van der Waals surface area (Å²) in [7, 11) is 0. The summed E-state index contributed by atoms with van der Waals surface area (Å²) in [5, 5.41) is 10.3. The Bertz CT molecular complexity index is 669. The summed E-state index contributed by atoms with van der Waals surface area (Å²) in [6.07, 6.45) is 0.572. The lowest BCUT2D eigenvalue weighted by molar-refractivity contribution is 0.0692. The van der Waals surface area contributed by atoms with Gasteiger partial charge in [-0.25, -0.2) is 4.79 Å². The van der Waals surface area contributed by atoms with Gasteiger partial charge in [0.05, 0.1) is 6.61 Å². The fourth-order valence-corrected chi connectivity index (χ4v) is 2.42. The van der Waals surface area contributed by atoms with Crippen LogP contribution in [0.4, 0.5) is 0 Å². The molecule has 0 saturated heterocycles. The zero-order valence-corrected chi connectivity index (χ0v) is 12.9. The van der Waals surface area contributed by atoms with Gasteiger partial charge in [-0.1, -0.05) is 35.3 Å². The number of carbonyl (C=O) groups is 1. The van der Waals surface area contributed by atoms with E-state index < -0.39 is 5.97 Å². The summed E-state index contributed by atoms with van der Waals surface area (Å²) in [4.78, 5) is 11.1. The van der Waals surface area contributed by atoms with Crippen molar-refractivity contribution in [1.82, 2.24) is 0 Å². The third-order valence-electron chi connectivity index (χ3n) is 3.01. The molecule has 0 unspecified atom stereocenters. The lowest BCUT2D eigenvalue weighted by Gasteiger charge is -2.11. The molecule has 0 aliphatic carbocycles. The van der Waals surface area contributed by atoms with E-state index in [9.17, 15) is 4.79 Å². The molecule has 21 heavy (non-hydrogen) atoms. The van der Waals surface area contributed by atoms with Gasteiger partial charge < -0.3 is 9.84 Å². The van der Waals surface area contributed by atoms with E-state index in [1.54, 1.807) is 30.3 Å². The van der Waals surface area contributed by atoms with Gasteiger partial charge in [0, 0.05) is 16.5 Å². The van der Waals surface area contributed by atoms with Crippen molar-refractivity contribution in [1.29, 1.82) is 0 Å². The van der Waals surface area contributed by atoms with E-state index in [-0.39, 0.29) is 5.56 Å². The van der Waals surface area contributed by atoms with Crippen LogP contribution in [0, 0.1) is 6.92 Å². The van der Waals surface area contributed by atoms with Crippen molar-refractivity contribution >= 4 is 29.2 Å². The molecule has 0 amide bonds. The van der Waals surface area contributed by atoms with Crippen LogP contribution < -0.4 is 4.74 Å². The Balaban J connectivity index is 2.06. The van der Waals surface area contributed by atoms with E-state index in [2.05, 4.69) is 0 Å². The van der Waals surface area contributed by atoms with Gasteiger partial charge in [-0.3, -0.25) is 0 Å². The van der Waals surface area contributed by atoms with E-state index in [4.69, 9.17) is 33.0 Å². The van der Waals surface area contributed by atoms with E-state index in [1.165, 1.54) is 0 Å². The Morgan fingerprint density at radius 3 is 2.62 bits per heavy atom. The molecule has 5 heteroatoms. The number of benzene rings is 2. The average molecular weight is 325 g/mol. The van der Waals surface area contributed by atoms with Crippen LogP contribution in [-0.2, 0) is 6.42 Å². The first kappa shape index (κ1) is 15.7. The predicted molar refractivity (Wildman–Crippen MR) is 83.8 cm³/mol. The number of hydrogen-bond acceptors (Lipinski definition) is 2. The number of ether oxygens (including phenoxy) is 1. The lowest BCUT2D eigenvalue weighted by Crippen LogP contribution is -2.07. The van der Waals surface area contributed by atoms with Crippen molar-refractivity contribution in [2.75, 3.05) is 6.61 Å². The summed E-state index contributed by atoms with van der Waals surface area (Å²) in [6.45, 7) is 2.22. The number of hydrogen-bond donors (Lipinski definition) is 1. The standard InChI is InChI=1S/C16H14Cl2O3/c1-10-2-5-13(16(19)20)15(8-10)21-7-6-11-3-4-12(17)9-14(11)18/h2-5,8-9H,6-7H2,1H3,(H,19,20). The molecule has 110 valence electrons. The quantitative estimate of drug-likeness (QED) is 0.872. The highest BCUT2D eigenvalue weighted by molar-refractivity contribution is 6.35. The summed E-state index contributed by atoms with van der Waals surface area (Å²) >= 11 is 11.9. The molecule has 0 heterocycles. The molecule has 2 rings (SSSR count). The lowest BCUT2D eigenvalue weighted by atomic mass is 10.1. The number of aromatic carboxylic acids is 1. The molecule has 0 fully saturated rings. The van der Waals surface area contributed by atoms with Crippen LogP contribution in [0.2, 0.25) is 10.0 Å². The van der Waals surface area contributed by atoms with Crippen LogP contribution in [-0.4, -0.2) is 17.7 Å². The van der Waals surface area contributed by atoms with Crippen molar-refractivity contribution in [3.8, 4) is 5.75 Å².